The number of amides is 2. The molecule has 0 saturated heterocycles. The number of carbonyl (C=O) groups excluding carboxylic acids is 1. The van der Waals surface area contributed by atoms with Gasteiger partial charge in [0.2, 0.25) is 5.95 Å². The Hall–Kier alpha value is -5.83. The van der Waals surface area contributed by atoms with Crippen LogP contribution in [0.2, 0.25) is 0 Å². The van der Waals surface area contributed by atoms with E-state index in [1.807, 2.05) is 61.5 Å². The lowest BCUT2D eigenvalue weighted by Crippen LogP contribution is -2.48. The minimum atomic E-state index is -0.196. The van der Waals surface area contributed by atoms with Gasteiger partial charge in [0.05, 0.1) is 40.7 Å². The van der Waals surface area contributed by atoms with E-state index < -0.39 is 0 Å². The van der Waals surface area contributed by atoms with Crippen LogP contribution in [0.25, 0.3) is 22.6 Å². The molecule has 6 rings (SSSR count). The van der Waals surface area contributed by atoms with Gasteiger partial charge in [0, 0.05) is 43.5 Å². The predicted octanol–water partition coefficient (Wildman–Crippen LogP) is 4.95. The SMILES string of the molecule is Cc1cc(-c2nc(N[C@H]3CC[C@H](N(C(=O)NCc4ccccc4)c4ccc(-c5ccn(C)c(=O)c5)nc4)CC3)ncc2C#N)[nH]n1. The molecule has 12 nitrogen and oxygen atoms in total. The number of hydrogen-bond acceptors (Lipinski definition) is 8. The molecule has 46 heavy (non-hydrogen) atoms. The maximum atomic E-state index is 13.7. The first-order valence-electron chi connectivity index (χ1n) is 15.2. The van der Waals surface area contributed by atoms with Crippen molar-refractivity contribution in [1.29, 1.82) is 5.26 Å². The molecule has 3 N–H and O–H groups in total. The average Bonchev–Trinajstić information content (AvgIpc) is 3.52. The summed E-state index contributed by atoms with van der Waals surface area (Å²) in [5.41, 5.74) is 5.29. The fourth-order valence-corrected chi connectivity index (χ4v) is 5.70. The number of benzene rings is 1. The van der Waals surface area contributed by atoms with Crippen LogP contribution in [-0.2, 0) is 13.6 Å². The second kappa shape index (κ2) is 13.4. The summed E-state index contributed by atoms with van der Waals surface area (Å²) in [5.74, 6) is 0.442. The number of aromatic amines is 1. The zero-order chi connectivity index (χ0) is 32.0. The highest BCUT2D eigenvalue weighted by atomic mass is 16.2. The molecule has 0 aliphatic heterocycles. The Morgan fingerprint density at radius 2 is 1.87 bits per heavy atom. The smallest absolute Gasteiger partial charge is 0.322 e. The molecule has 0 spiro atoms. The number of urea groups is 1. The summed E-state index contributed by atoms with van der Waals surface area (Å²) < 4.78 is 1.51. The van der Waals surface area contributed by atoms with Crippen molar-refractivity contribution < 1.29 is 4.79 Å². The summed E-state index contributed by atoms with van der Waals surface area (Å²) in [5, 5.41) is 23.2. The molecule has 1 aliphatic rings. The zero-order valence-electron chi connectivity index (χ0n) is 25.6. The predicted molar refractivity (Wildman–Crippen MR) is 175 cm³/mol. The molecule has 1 aliphatic carbocycles. The van der Waals surface area contributed by atoms with Crippen LogP contribution in [0, 0.1) is 18.3 Å². The quantitative estimate of drug-likeness (QED) is 0.222. The van der Waals surface area contributed by atoms with E-state index in [2.05, 4.69) is 41.9 Å². The Labute approximate surface area is 266 Å². The first kappa shape index (κ1) is 30.2. The molecule has 2 amide bonds. The van der Waals surface area contributed by atoms with Gasteiger partial charge in [-0.05, 0) is 62.4 Å². The summed E-state index contributed by atoms with van der Waals surface area (Å²) >= 11 is 0. The lowest BCUT2D eigenvalue weighted by molar-refractivity contribution is 0.240. The number of hydrogen-bond donors (Lipinski definition) is 3. The van der Waals surface area contributed by atoms with Crippen molar-refractivity contribution in [3.63, 3.8) is 0 Å². The van der Waals surface area contributed by atoms with Crippen LogP contribution < -0.4 is 21.1 Å². The minimum Gasteiger partial charge on any atom is -0.351 e. The van der Waals surface area contributed by atoms with Gasteiger partial charge in [0.25, 0.3) is 5.56 Å². The lowest BCUT2D eigenvalue weighted by atomic mass is 9.90. The van der Waals surface area contributed by atoms with Crippen molar-refractivity contribution in [2.45, 2.75) is 51.2 Å². The van der Waals surface area contributed by atoms with Crippen LogP contribution >= 0.6 is 0 Å². The number of nitriles is 1. The molecule has 4 heterocycles. The number of nitrogens with zero attached hydrogens (tertiary/aromatic N) is 7. The number of carbonyl (C=O) groups is 1. The fraction of sp³-hybridized carbons (Fsp3) is 0.265. The molecule has 1 saturated carbocycles. The molecular formula is C34H34N10O2. The third-order valence-corrected chi connectivity index (χ3v) is 8.20. The van der Waals surface area contributed by atoms with Crippen molar-refractivity contribution in [2.75, 3.05) is 10.2 Å². The van der Waals surface area contributed by atoms with Gasteiger partial charge < -0.3 is 15.2 Å². The number of nitrogens with one attached hydrogen (secondary N) is 3. The third-order valence-electron chi connectivity index (χ3n) is 8.20. The van der Waals surface area contributed by atoms with Crippen molar-refractivity contribution in [2.24, 2.45) is 7.05 Å². The van der Waals surface area contributed by atoms with E-state index in [0.717, 1.165) is 42.5 Å². The molecule has 0 radical (unpaired) electrons. The molecular weight excluding hydrogens is 580 g/mol. The largest absolute Gasteiger partial charge is 0.351 e. The van der Waals surface area contributed by atoms with Crippen LogP contribution in [0.4, 0.5) is 16.4 Å². The molecule has 232 valence electrons. The highest BCUT2D eigenvalue weighted by Crippen LogP contribution is 2.30. The van der Waals surface area contributed by atoms with E-state index in [4.69, 9.17) is 0 Å². The van der Waals surface area contributed by atoms with Gasteiger partial charge in [-0.15, -0.1) is 0 Å². The topological polar surface area (TPSA) is 158 Å². The highest BCUT2D eigenvalue weighted by Gasteiger charge is 2.31. The molecule has 1 fully saturated rings. The van der Waals surface area contributed by atoms with Gasteiger partial charge >= 0.3 is 6.03 Å². The molecule has 0 atom stereocenters. The Balaban J connectivity index is 1.18. The number of aromatic nitrogens is 6. The van der Waals surface area contributed by atoms with Crippen molar-refractivity contribution in [3.05, 3.63) is 106 Å². The first-order chi connectivity index (χ1) is 22.4. The van der Waals surface area contributed by atoms with E-state index in [1.165, 1.54) is 10.8 Å². The van der Waals surface area contributed by atoms with Crippen LogP contribution in [0.15, 0.2) is 84.0 Å². The minimum absolute atomic E-state index is 0.0593. The third kappa shape index (κ3) is 6.78. The van der Waals surface area contributed by atoms with Crippen LogP contribution in [0.1, 0.15) is 42.5 Å². The second-order valence-electron chi connectivity index (χ2n) is 11.4. The van der Waals surface area contributed by atoms with Crippen molar-refractivity contribution in [3.8, 4) is 28.7 Å². The molecule has 5 aromatic rings. The molecule has 0 bridgehead atoms. The molecule has 1 aromatic carbocycles. The molecule has 4 aromatic heterocycles. The lowest BCUT2D eigenvalue weighted by Gasteiger charge is -2.37. The van der Waals surface area contributed by atoms with Gasteiger partial charge in [0.1, 0.15) is 11.8 Å². The Morgan fingerprint density at radius 1 is 1.07 bits per heavy atom. The molecule has 12 heteroatoms. The fourth-order valence-electron chi connectivity index (χ4n) is 5.70. The van der Waals surface area contributed by atoms with Gasteiger partial charge in [-0.3, -0.25) is 19.8 Å². The average molecular weight is 615 g/mol. The van der Waals surface area contributed by atoms with Crippen LogP contribution in [0.3, 0.4) is 0 Å². The maximum Gasteiger partial charge on any atom is 0.322 e. The van der Waals surface area contributed by atoms with Crippen molar-refractivity contribution in [1.82, 2.24) is 35.0 Å². The van der Waals surface area contributed by atoms with Crippen LogP contribution in [0.5, 0.6) is 0 Å². The number of anilines is 2. The van der Waals surface area contributed by atoms with Crippen molar-refractivity contribution >= 4 is 17.7 Å². The van der Waals surface area contributed by atoms with Gasteiger partial charge in [-0.2, -0.15) is 10.4 Å². The van der Waals surface area contributed by atoms with E-state index in [-0.39, 0.29) is 23.7 Å². The van der Waals surface area contributed by atoms with E-state index in [0.29, 0.717) is 40.8 Å². The monoisotopic (exact) mass is 614 g/mol. The number of aryl methyl sites for hydroxylation is 2. The summed E-state index contributed by atoms with van der Waals surface area (Å²) in [4.78, 5) is 41.3. The zero-order valence-corrected chi connectivity index (χ0v) is 25.6. The van der Waals surface area contributed by atoms with Gasteiger partial charge in [-0.25, -0.2) is 14.8 Å². The standard InChI is InChI=1S/C34H34N10O2/c1-22-16-30(42-41-22)32-25(18-35)20-37-33(40-32)39-26-8-10-27(11-9-26)44(34(46)38-19-23-6-4-3-5-7-23)28-12-13-29(36-21-28)24-14-15-43(2)31(45)17-24/h3-7,12-17,20-21,26-27H,8-11,19H2,1-2H3,(H,38,46)(H,41,42)(H,37,39,40)/t26-,27-. The summed E-state index contributed by atoms with van der Waals surface area (Å²) in [6, 6.07) is 20.8. The second-order valence-corrected chi connectivity index (χ2v) is 11.4. The number of H-pyrrole nitrogens is 1. The summed E-state index contributed by atoms with van der Waals surface area (Å²) in [6.07, 6.45) is 8.00. The summed E-state index contributed by atoms with van der Waals surface area (Å²) in [6.45, 7) is 2.27. The van der Waals surface area contributed by atoms with Crippen LogP contribution in [-0.4, -0.2) is 47.8 Å². The Bertz CT molecular complexity index is 1920. The Morgan fingerprint density at radius 3 is 2.54 bits per heavy atom. The number of pyridine rings is 2. The van der Waals surface area contributed by atoms with Gasteiger partial charge in [-0.1, -0.05) is 30.3 Å². The normalized spacial score (nSPS) is 15.9. The highest BCUT2D eigenvalue weighted by molar-refractivity contribution is 5.92. The van der Waals surface area contributed by atoms with E-state index in [1.54, 1.807) is 30.4 Å². The van der Waals surface area contributed by atoms with E-state index in [9.17, 15) is 14.9 Å². The Kier molecular flexibility index (Phi) is 8.82. The van der Waals surface area contributed by atoms with E-state index >= 15 is 0 Å². The first-order valence-corrected chi connectivity index (χ1v) is 15.2. The molecule has 0 unspecified atom stereocenters. The van der Waals surface area contributed by atoms with Gasteiger partial charge in [0.15, 0.2) is 0 Å². The maximum absolute atomic E-state index is 13.7. The number of rotatable bonds is 8. The summed E-state index contributed by atoms with van der Waals surface area (Å²) in [7, 11) is 1.70.